The molecule has 0 aliphatic heterocycles. The van der Waals surface area contributed by atoms with Gasteiger partial charge < -0.3 is 10.2 Å². The van der Waals surface area contributed by atoms with Gasteiger partial charge in [-0.2, -0.15) is 0 Å². The Kier molecular flexibility index (Phi) is 5.73. The molecule has 39 heavy (non-hydrogen) atoms. The maximum absolute atomic E-state index is 10.9. The minimum Gasteiger partial charge on any atom is -0.396 e. The van der Waals surface area contributed by atoms with Crippen molar-refractivity contribution in [1.82, 2.24) is 0 Å². The summed E-state index contributed by atoms with van der Waals surface area (Å²) in [6.07, 6.45) is 2.45. The van der Waals surface area contributed by atoms with Gasteiger partial charge in [0.25, 0.3) is 0 Å². The first-order valence-electron chi connectivity index (χ1n) is 14.2. The summed E-state index contributed by atoms with van der Waals surface area (Å²) < 4.78 is 0. The lowest BCUT2D eigenvalue weighted by Crippen LogP contribution is -2.30. The molecule has 0 amide bonds. The third-order valence-corrected chi connectivity index (χ3v) is 8.91. The van der Waals surface area contributed by atoms with E-state index in [0.717, 1.165) is 6.42 Å². The maximum Gasteiger partial charge on any atom is 0.0569 e. The van der Waals surface area contributed by atoms with Crippen LogP contribution < -0.4 is 0 Å². The second kappa shape index (κ2) is 9.19. The van der Waals surface area contributed by atoms with Gasteiger partial charge in [0.05, 0.1) is 6.61 Å². The number of rotatable bonds is 7. The molecule has 194 valence electrons. The fraction of sp³-hybridized carbons (Fsp3) is 0.243. The van der Waals surface area contributed by atoms with Crippen LogP contribution in [0.2, 0.25) is 0 Å². The Morgan fingerprint density at radius 2 is 1.36 bits per heavy atom. The molecule has 0 radical (unpaired) electrons. The summed E-state index contributed by atoms with van der Waals surface area (Å²) in [6.45, 7) is 4.70. The standard InChI is InChI=1S/C37H34O2/c1-23(2)18-24-19-27-9-8-25-10-13-29(32-15-12-28(20-24)35(27)36(25)32)26-11-14-31-30-6-3-4-7-33(30)37(22-39,16-5-17-38)34(31)21-26/h3-4,6-15,19-21,23,38-39H,5,16-18,22H2,1-2H3. The van der Waals surface area contributed by atoms with Crippen LogP contribution in [0.25, 0.3) is 54.6 Å². The van der Waals surface area contributed by atoms with Crippen LogP contribution in [0.5, 0.6) is 0 Å². The Hall–Kier alpha value is -3.72. The van der Waals surface area contributed by atoms with E-state index in [-0.39, 0.29) is 13.2 Å². The first-order valence-corrected chi connectivity index (χ1v) is 14.2. The van der Waals surface area contributed by atoms with Crippen LogP contribution in [0.15, 0.2) is 91.0 Å². The highest BCUT2D eigenvalue weighted by Gasteiger charge is 2.42. The van der Waals surface area contributed by atoms with Crippen molar-refractivity contribution in [2.75, 3.05) is 13.2 Å². The maximum atomic E-state index is 10.9. The summed E-state index contributed by atoms with van der Waals surface area (Å²) in [7, 11) is 0. The minimum absolute atomic E-state index is 0.0255. The zero-order valence-corrected chi connectivity index (χ0v) is 22.7. The second-order valence-electron chi connectivity index (χ2n) is 11.8. The molecule has 0 spiro atoms. The van der Waals surface area contributed by atoms with E-state index in [1.54, 1.807) is 0 Å². The van der Waals surface area contributed by atoms with Gasteiger partial charge in [0, 0.05) is 12.0 Å². The molecule has 2 nitrogen and oxygen atoms in total. The molecule has 1 unspecified atom stereocenters. The van der Waals surface area contributed by atoms with Crippen molar-refractivity contribution in [3.05, 3.63) is 108 Å². The Balaban J connectivity index is 1.44. The fourth-order valence-electron chi connectivity index (χ4n) is 7.25. The van der Waals surface area contributed by atoms with Gasteiger partial charge in [-0.05, 0) is 103 Å². The van der Waals surface area contributed by atoms with Crippen LogP contribution >= 0.6 is 0 Å². The van der Waals surface area contributed by atoms with Crippen LogP contribution in [0.3, 0.4) is 0 Å². The summed E-state index contributed by atoms with van der Waals surface area (Å²) in [4.78, 5) is 0. The van der Waals surface area contributed by atoms with Gasteiger partial charge in [0.15, 0.2) is 0 Å². The number of hydrogen-bond acceptors (Lipinski definition) is 2. The number of fused-ring (bicyclic) bond motifs is 3. The quantitative estimate of drug-likeness (QED) is 0.211. The molecular weight excluding hydrogens is 476 g/mol. The van der Waals surface area contributed by atoms with Crippen LogP contribution in [-0.2, 0) is 11.8 Å². The van der Waals surface area contributed by atoms with Gasteiger partial charge >= 0.3 is 0 Å². The number of hydrogen-bond donors (Lipinski definition) is 2. The van der Waals surface area contributed by atoms with Crippen molar-refractivity contribution in [3.8, 4) is 22.3 Å². The Labute approximate surface area is 229 Å². The van der Waals surface area contributed by atoms with E-state index in [4.69, 9.17) is 0 Å². The SMILES string of the molecule is CC(C)Cc1cc2ccc3ccc(-c4ccc5c(c4)C(CO)(CCCO)c4ccccc4-5)c4ccc(c1)c2c34. The second-order valence-corrected chi connectivity index (χ2v) is 11.8. The molecule has 0 fully saturated rings. The molecule has 0 saturated carbocycles. The first kappa shape index (κ1) is 24.3. The Bertz CT molecular complexity index is 1830. The van der Waals surface area contributed by atoms with Crippen LogP contribution in [0, 0.1) is 5.92 Å². The van der Waals surface area contributed by atoms with E-state index in [1.807, 2.05) is 0 Å². The van der Waals surface area contributed by atoms with Gasteiger partial charge in [0.1, 0.15) is 0 Å². The molecule has 2 N–H and O–H groups in total. The largest absolute Gasteiger partial charge is 0.396 e. The van der Waals surface area contributed by atoms with Crippen molar-refractivity contribution in [2.45, 2.75) is 38.5 Å². The van der Waals surface area contributed by atoms with Crippen molar-refractivity contribution in [1.29, 1.82) is 0 Å². The monoisotopic (exact) mass is 510 g/mol. The van der Waals surface area contributed by atoms with E-state index in [0.29, 0.717) is 18.8 Å². The Morgan fingerprint density at radius 1 is 0.667 bits per heavy atom. The number of benzene rings is 6. The van der Waals surface area contributed by atoms with E-state index in [2.05, 4.69) is 105 Å². The molecule has 6 aromatic rings. The lowest BCUT2D eigenvalue weighted by molar-refractivity contribution is 0.197. The van der Waals surface area contributed by atoms with Gasteiger partial charge in [-0.25, -0.2) is 0 Å². The molecule has 7 rings (SSSR count). The van der Waals surface area contributed by atoms with Crippen LogP contribution in [0.1, 0.15) is 43.4 Å². The highest BCUT2D eigenvalue weighted by molar-refractivity contribution is 6.25. The topological polar surface area (TPSA) is 40.5 Å². The molecule has 0 saturated heterocycles. The zero-order chi connectivity index (χ0) is 26.7. The average Bonchev–Trinajstić information content (AvgIpc) is 3.23. The van der Waals surface area contributed by atoms with E-state index in [1.165, 1.54) is 71.3 Å². The van der Waals surface area contributed by atoms with E-state index >= 15 is 0 Å². The third kappa shape index (κ3) is 3.62. The normalized spacial score (nSPS) is 16.5. The number of aliphatic hydroxyl groups excluding tert-OH is 2. The van der Waals surface area contributed by atoms with Crippen LogP contribution in [0.4, 0.5) is 0 Å². The Morgan fingerprint density at radius 3 is 2.13 bits per heavy atom. The lowest BCUT2D eigenvalue weighted by atomic mass is 9.74. The van der Waals surface area contributed by atoms with Crippen LogP contribution in [-0.4, -0.2) is 23.4 Å². The smallest absolute Gasteiger partial charge is 0.0569 e. The fourth-order valence-corrected chi connectivity index (χ4v) is 7.25. The molecule has 1 aliphatic carbocycles. The molecule has 1 aliphatic rings. The lowest BCUT2D eigenvalue weighted by Gasteiger charge is -2.30. The average molecular weight is 511 g/mol. The molecule has 0 bridgehead atoms. The summed E-state index contributed by atoms with van der Waals surface area (Å²) in [5.74, 6) is 0.624. The predicted octanol–water partition coefficient (Wildman–Crippen LogP) is 8.48. The van der Waals surface area contributed by atoms with Gasteiger partial charge in [-0.1, -0.05) is 98.8 Å². The molecule has 0 aromatic heterocycles. The third-order valence-electron chi connectivity index (χ3n) is 8.91. The van der Waals surface area contributed by atoms with Gasteiger partial charge in [-0.3, -0.25) is 0 Å². The first-order chi connectivity index (χ1) is 19.0. The molecule has 0 heterocycles. The summed E-state index contributed by atoms with van der Waals surface area (Å²) in [5, 5.41) is 28.4. The zero-order valence-electron chi connectivity index (χ0n) is 22.7. The van der Waals surface area contributed by atoms with Crippen molar-refractivity contribution in [2.24, 2.45) is 5.92 Å². The summed E-state index contributed by atoms with van der Waals surface area (Å²) in [5.41, 5.74) is 8.01. The van der Waals surface area contributed by atoms with Gasteiger partial charge in [0.2, 0.25) is 0 Å². The molecule has 2 heteroatoms. The summed E-state index contributed by atoms with van der Waals surface area (Å²) in [6, 6.07) is 33.6. The molecular formula is C37H34O2. The van der Waals surface area contributed by atoms with Crippen molar-refractivity contribution in [3.63, 3.8) is 0 Å². The molecule has 6 aromatic carbocycles. The van der Waals surface area contributed by atoms with Gasteiger partial charge in [-0.15, -0.1) is 0 Å². The molecule has 1 atom stereocenters. The highest BCUT2D eigenvalue weighted by Crippen LogP contribution is 2.52. The predicted molar refractivity (Wildman–Crippen MR) is 164 cm³/mol. The van der Waals surface area contributed by atoms with E-state index in [9.17, 15) is 10.2 Å². The highest BCUT2D eigenvalue weighted by atomic mass is 16.3. The van der Waals surface area contributed by atoms with Crippen molar-refractivity contribution < 1.29 is 10.2 Å². The number of aliphatic hydroxyl groups is 2. The van der Waals surface area contributed by atoms with Crippen molar-refractivity contribution >= 4 is 32.3 Å². The minimum atomic E-state index is -0.499. The summed E-state index contributed by atoms with van der Waals surface area (Å²) >= 11 is 0. The van der Waals surface area contributed by atoms with E-state index < -0.39 is 5.41 Å².